The Hall–Kier alpha value is -2.77. The summed E-state index contributed by atoms with van der Waals surface area (Å²) in [5.41, 5.74) is 2.58. The zero-order chi connectivity index (χ0) is 23.6. The normalized spacial score (nSPS) is 23.2. The van der Waals surface area contributed by atoms with Crippen molar-refractivity contribution in [3.8, 4) is 0 Å². The molecule has 2 amide bonds. The van der Waals surface area contributed by atoms with Gasteiger partial charge in [-0.3, -0.25) is 19.5 Å². The molecule has 176 valence electrons. The van der Waals surface area contributed by atoms with Crippen LogP contribution in [0.15, 0.2) is 42.5 Å². The highest BCUT2D eigenvalue weighted by Gasteiger charge is 2.50. The van der Waals surface area contributed by atoms with Gasteiger partial charge in [0.15, 0.2) is 0 Å². The molecule has 3 heterocycles. The minimum absolute atomic E-state index is 0.0804. The second kappa shape index (κ2) is 9.61. The van der Waals surface area contributed by atoms with E-state index >= 15 is 0 Å². The fourth-order valence-corrected chi connectivity index (χ4v) is 5.16. The fraction of sp³-hybridized carbons (Fsp3) is 0.500. The van der Waals surface area contributed by atoms with Gasteiger partial charge in [0.2, 0.25) is 5.91 Å². The Labute approximate surface area is 196 Å². The Kier molecular flexibility index (Phi) is 6.81. The standard InChI is InChI=1S/C26H35N5O2/c1-5-29(6-2)14-15-31-23-13-8-7-12-21(23)24(32)28-26(4)18-30(17-22(26)25(31)33)16-20-11-9-10-19(3)27-20/h7-13,22H,5-6,14-18H2,1-4H3,(H,28,32)/t22-,26-/m0/s1. The summed E-state index contributed by atoms with van der Waals surface area (Å²) in [4.78, 5) is 38.4. The third kappa shape index (κ3) is 4.80. The van der Waals surface area contributed by atoms with E-state index in [0.29, 0.717) is 37.4 Å². The Morgan fingerprint density at radius 3 is 2.61 bits per heavy atom. The van der Waals surface area contributed by atoms with Crippen LogP contribution in [0.3, 0.4) is 0 Å². The van der Waals surface area contributed by atoms with Crippen LogP contribution >= 0.6 is 0 Å². The van der Waals surface area contributed by atoms with Crippen molar-refractivity contribution < 1.29 is 9.59 Å². The Morgan fingerprint density at radius 2 is 1.88 bits per heavy atom. The van der Waals surface area contributed by atoms with Crippen molar-refractivity contribution in [1.82, 2.24) is 20.1 Å². The van der Waals surface area contributed by atoms with Crippen LogP contribution in [0.25, 0.3) is 0 Å². The fourth-order valence-electron chi connectivity index (χ4n) is 5.16. The predicted molar refractivity (Wildman–Crippen MR) is 130 cm³/mol. The monoisotopic (exact) mass is 449 g/mol. The van der Waals surface area contributed by atoms with Gasteiger partial charge >= 0.3 is 0 Å². The molecule has 1 N–H and O–H groups in total. The van der Waals surface area contributed by atoms with Gasteiger partial charge in [0.1, 0.15) is 0 Å². The van der Waals surface area contributed by atoms with Gasteiger partial charge in [-0.2, -0.15) is 0 Å². The van der Waals surface area contributed by atoms with E-state index in [1.807, 2.05) is 61.2 Å². The number of hydrogen-bond acceptors (Lipinski definition) is 5. The zero-order valence-electron chi connectivity index (χ0n) is 20.2. The molecule has 1 fully saturated rings. The van der Waals surface area contributed by atoms with Crippen LogP contribution in [-0.4, -0.2) is 71.4 Å². The minimum atomic E-state index is -0.640. The topological polar surface area (TPSA) is 68.8 Å². The molecule has 7 nitrogen and oxygen atoms in total. The lowest BCUT2D eigenvalue weighted by molar-refractivity contribution is -0.123. The van der Waals surface area contributed by atoms with E-state index in [-0.39, 0.29) is 17.7 Å². The smallest absolute Gasteiger partial charge is 0.253 e. The summed E-state index contributed by atoms with van der Waals surface area (Å²) in [5, 5.41) is 3.22. The largest absolute Gasteiger partial charge is 0.345 e. The second-order valence-electron chi connectivity index (χ2n) is 9.40. The molecule has 0 unspecified atom stereocenters. The van der Waals surface area contributed by atoms with Gasteiger partial charge in [0, 0.05) is 38.4 Å². The van der Waals surface area contributed by atoms with Gasteiger partial charge in [-0.15, -0.1) is 0 Å². The Balaban J connectivity index is 1.65. The molecule has 2 aromatic rings. The van der Waals surface area contributed by atoms with Crippen molar-refractivity contribution in [2.45, 2.75) is 39.8 Å². The van der Waals surface area contributed by atoms with E-state index in [1.165, 1.54) is 0 Å². The van der Waals surface area contributed by atoms with Gasteiger partial charge in [0.25, 0.3) is 5.91 Å². The number of nitrogens with zero attached hydrogens (tertiary/aromatic N) is 4. The number of aryl methyl sites for hydroxylation is 1. The molecule has 0 spiro atoms. The first-order valence-corrected chi connectivity index (χ1v) is 11.9. The number of fused-ring (bicyclic) bond motifs is 2. The number of aromatic nitrogens is 1. The molecule has 1 aromatic heterocycles. The van der Waals surface area contributed by atoms with Crippen LogP contribution in [0.5, 0.6) is 0 Å². The molecule has 4 rings (SSSR count). The van der Waals surface area contributed by atoms with Crippen LogP contribution in [0.2, 0.25) is 0 Å². The summed E-state index contributed by atoms with van der Waals surface area (Å²) in [6, 6.07) is 13.5. The van der Waals surface area contributed by atoms with Crippen LogP contribution in [0.1, 0.15) is 42.5 Å². The van der Waals surface area contributed by atoms with Gasteiger partial charge in [0.05, 0.1) is 28.4 Å². The summed E-state index contributed by atoms with van der Waals surface area (Å²) in [6.07, 6.45) is 0. The number of carbonyl (C=O) groups is 2. The number of nitrogens with one attached hydrogen (secondary N) is 1. The minimum Gasteiger partial charge on any atom is -0.345 e. The predicted octanol–water partition coefficient (Wildman–Crippen LogP) is 2.70. The number of pyridine rings is 1. The Morgan fingerprint density at radius 1 is 1.12 bits per heavy atom. The first-order chi connectivity index (χ1) is 15.8. The molecule has 1 saturated heterocycles. The van der Waals surface area contributed by atoms with Crippen LogP contribution in [0.4, 0.5) is 5.69 Å². The lowest BCUT2D eigenvalue weighted by Gasteiger charge is -2.38. The third-order valence-corrected chi connectivity index (χ3v) is 7.03. The van der Waals surface area contributed by atoms with Crippen molar-refractivity contribution in [2.75, 3.05) is 44.2 Å². The maximum atomic E-state index is 14.0. The summed E-state index contributed by atoms with van der Waals surface area (Å²) in [7, 11) is 0. The van der Waals surface area contributed by atoms with Crippen molar-refractivity contribution in [3.05, 3.63) is 59.4 Å². The highest BCUT2D eigenvalue weighted by atomic mass is 16.2. The van der Waals surface area contributed by atoms with Gasteiger partial charge in [-0.1, -0.05) is 32.0 Å². The molecule has 7 heteroatoms. The van der Waals surface area contributed by atoms with Crippen molar-refractivity contribution in [1.29, 1.82) is 0 Å². The number of likely N-dealkylation sites (N-methyl/N-ethyl adjacent to an activating group) is 1. The van der Waals surface area contributed by atoms with Gasteiger partial charge in [-0.25, -0.2) is 0 Å². The maximum absolute atomic E-state index is 14.0. The SMILES string of the molecule is CCN(CC)CCN1C(=O)[C@@H]2CN(Cc3cccc(C)n3)C[C@]2(C)NC(=O)c2ccccc21. The summed E-state index contributed by atoms with van der Waals surface area (Å²) < 4.78 is 0. The molecule has 0 saturated carbocycles. The van der Waals surface area contributed by atoms with Crippen molar-refractivity contribution in [3.63, 3.8) is 0 Å². The van der Waals surface area contributed by atoms with Crippen molar-refractivity contribution >= 4 is 17.5 Å². The Bertz CT molecular complexity index is 1020. The lowest BCUT2D eigenvalue weighted by atomic mass is 9.86. The number of hydrogen-bond donors (Lipinski definition) is 1. The average molecular weight is 450 g/mol. The van der Waals surface area contributed by atoms with Crippen LogP contribution < -0.4 is 10.2 Å². The van der Waals surface area contributed by atoms with E-state index in [0.717, 1.165) is 31.0 Å². The first kappa shape index (κ1) is 23.4. The van der Waals surface area contributed by atoms with Crippen LogP contribution in [0, 0.1) is 12.8 Å². The molecule has 2 atom stereocenters. The molecule has 0 radical (unpaired) electrons. The number of amides is 2. The number of rotatable bonds is 7. The van der Waals surface area contributed by atoms with E-state index in [2.05, 4.69) is 33.9 Å². The third-order valence-electron chi connectivity index (χ3n) is 7.03. The molecule has 2 aliphatic rings. The lowest BCUT2D eigenvalue weighted by Crippen LogP contribution is -2.59. The average Bonchev–Trinajstić information content (AvgIpc) is 3.11. The maximum Gasteiger partial charge on any atom is 0.253 e. The number of anilines is 1. The molecule has 0 bridgehead atoms. The molecule has 0 aliphatic carbocycles. The van der Waals surface area contributed by atoms with Crippen molar-refractivity contribution in [2.24, 2.45) is 5.92 Å². The second-order valence-corrected chi connectivity index (χ2v) is 9.40. The molecule has 1 aromatic carbocycles. The van der Waals surface area contributed by atoms with E-state index in [9.17, 15) is 9.59 Å². The summed E-state index contributed by atoms with van der Waals surface area (Å²) >= 11 is 0. The van der Waals surface area contributed by atoms with Gasteiger partial charge < -0.3 is 15.1 Å². The summed E-state index contributed by atoms with van der Waals surface area (Å²) in [6.45, 7) is 13.3. The number of carbonyl (C=O) groups excluding carboxylic acids is 2. The van der Waals surface area contributed by atoms with Crippen LogP contribution in [-0.2, 0) is 11.3 Å². The number of benzene rings is 1. The van der Waals surface area contributed by atoms with E-state index in [1.54, 1.807) is 0 Å². The quantitative estimate of drug-likeness (QED) is 0.704. The molecular weight excluding hydrogens is 414 g/mol. The zero-order valence-corrected chi connectivity index (χ0v) is 20.2. The van der Waals surface area contributed by atoms with E-state index in [4.69, 9.17) is 0 Å². The number of likely N-dealkylation sites (tertiary alicyclic amines) is 1. The number of para-hydroxylation sites is 1. The molecule has 2 aliphatic heterocycles. The highest BCUT2D eigenvalue weighted by Crippen LogP contribution is 2.35. The first-order valence-electron chi connectivity index (χ1n) is 11.9. The summed E-state index contributed by atoms with van der Waals surface area (Å²) in [5.74, 6) is -0.359. The molecular formula is C26H35N5O2. The highest BCUT2D eigenvalue weighted by molar-refractivity contribution is 6.07. The van der Waals surface area contributed by atoms with Gasteiger partial charge in [-0.05, 0) is 51.2 Å². The van der Waals surface area contributed by atoms with E-state index < -0.39 is 5.54 Å². The molecule has 33 heavy (non-hydrogen) atoms.